The zero-order valence-corrected chi connectivity index (χ0v) is 15.4. The molecule has 3 heterocycles. The molecule has 2 amide bonds. The van der Waals surface area contributed by atoms with Crippen LogP contribution in [0.5, 0.6) is 5.88 Å². The predicted octanol–water partition coefficient (Wildman–Crippen LogP) is 1.97. The molecule has 1 aliphatic rings. The molecule has 0 saturated carbocycles. The lowest BCUT2D eigenvalue weighted by Crippen LogP contribution is -2.53. The molecular weight excluding hydrogens is 360 g/mol. The molecule has 0 spiro atoms. The van der Waals surface area contributed by atoms with Crippen molar-refractivity contribution >= 4 is 22.7 Å². The summed E-state index contributed by atoms with van der Waals surface area (Å²) in [5, 5.41) is 0.763. The summed E-state index contributed by atoms with van der Waals surface area (Å²) in [5.41, 5.74) is 0.761. The van der Waals surface area contributed by atoms with E-state index < -0.39 is 6.10 Å². The van der Waals surface area contributed by atoms with Crippen molar-refractivity contribution in [2.24, 2.45) is 0 Å². The van der Waals surface area contributed by atoms with Crippen LogP contribution >= 0.6 is 0 Å². The summed E-state index contributed by atoms with van der Waals surface area (Å²) < 4.78 is 11.0. The highest BCUT2D eigenvalue weighted by Crippen LogP contribution is 2.22. The maximum atomic E-state index is 12.8. The average molecular weight is 380 g/mol. The van der Waals surface area contributed by atoms with Crippen LogP contribution in [0.3, 0.4) is 0 Å². The molecule has 4 rings (SSSR count). The molecule has 0 bridgehead atoms. The van der Waals surface area contributed by atoms with E-state index in [1.807, 2.05) is 24.3 Å². The quantitative estimate of drug-likeness (QED) is 0.688. The summed E-state index contributed by atoms with van der Waals surface area (Å²) in [6.45, 7) is 3.51. The van der Waals surface area contributed by atoms with E-state index in [1.54, 1.807) is 28.9 Å². The first kappa shape index (κ1) is 18.0. The third-order valence-electron chi connectivity index (χ3n) is 4.75. The summed E-state index contributed by atoms with van der Waals surface area (Å²) in [7, 11) is 0. The number of para-hydroxylation sites is 1. The van der Waals surface area contributed by atoms with Gasteiger partial charge in [-0.2, -0.15) is 0 Å². The first-order valence-electron chi connectivity index (χ1n) is 9.11. The molecule has 1 fully saturated rings. The van der Waals surface area contributed by atoms with E-state index in [0.29, 0.717) is 37.8 Å². The standard InChI is InChI=1S/C20H20N4O4/c1-14(28-18-15-5-2-3-6-16(15)21-13-22-18)19(25)23-8-10-24(11-9-23)20(26)17-7-4-12-27-17/h2-7,12-14H,8-11H2,1H3. The highest BCUT2D eigenvalue weighted by atomic mass is 16.5. The maximum absolute atomic E-state index is 12.8. The number of furan rings is 1. The number of hydrogen-bond acceptors (Lipinski definition) is 6. The van der Waals surface area contributed by atoms with Gasteiger partial charge in [0.1, 0.15) is 6.33 Å². The lowest BCUT2D eigenvalue weighted by Gasteiger charge is -2.35. The first-order chi connectivity index (χ1) is 13.6. The zero-order chi connectivity index (χ0) is 19.5. The lowest BCUT2D eigenvalue weighted by atomic mass is 10.2. The molecule has 144 valence electrons. The van der Waals surface area contributed by atoms with Crippen molar-refractivity contribution in [2.45, 2.75) is 13.0 Å². The minimum absolute atomic E-state index is 0.132. The predicted molar refractivity (Wildman–Crippen MR) is 101 cm³/mol. The molecule has 1 unspecified atom stereocenters. The highest BCUT2D eigenvalue weighted by molar-refractivity contribution is 5.91. The van der Waals surface area contributed by atoms with Gasteiger partial charge < -0.3 is 19.0 Å². The van der Waals surface area contributed by atoms with Crippen LogP contribution < -0.4 is 4.74 Å². The number of benzene rings is 1. The molecule has 1 aliphatic heterocycles. The van der Waals surface area contributed by atoms with E-state index >= 15 is 0 Å². The second-order valence-corrected chi connectivity index (χ2v) is 6.55. The second kappa shape index (κ2) is 7.67. The fourth-order valence-corrected chi connectivity index (χ4v) is 3.24. The molecular formula is C20H20N4O4. The Hall–Kier alpha value is -3.42. The largest absolute Gasteiger partial charge is 0.464 e. The molecule has 8 nitrogen and oxygen atoms in total. The number of nitrogens with zero attached hydrogens (tertiary/aromatic N) is 4. The SMILES string of the molecule is CC(Oc1ncnc2ccccc12)C(=O)N1CCN(C(=O)c2ccco2)CC1. The highest BCUT2D eigenvalue weighted by Gasteiger charge is 2.29. The Kier molecular flexibility index (Phi) is 4.92. The van der Waals surface area contributed by atoms with E-state index in [4.69, 9.17) is 9.15 Å². The van der Waals surface area contributed by atoms with Crippen molar-refractivity contribution in [3.63, 3.8) is 0 Å². The lowest BCUT2D eigenvalue weighted by molar-refractivity contribution is -0.139. The van der Waals surface area contributed by atoms with Gasteiger partial charge in [-0.05, 0) is 31.2 Å². The Labute approximate surface area is 161 Å². The van der Waals surface area contributed by atoms with Gasteiger partial charge in [-0.15, -0.1) is 0 Å². The van der Waals surface area contributed by atoms with Crippen LogP contribution in [0.4, 0.5) is 0 Å². The number of amides is 2. The molecule has 1 atom stereocenters. The molecule has 0 radical (unpaired) electrons. The number of fused-ring (bicyclic) bond motifs is 1. The number of carbonyl (C=O) groups is 2. The van der Waals surface area contributed by atoms with Crippen LogP contribution in [0.25, 0.3) is 10.9 Å². The van der Waals surface area contributed by atoms with Crippen molar-refractivity contribution in [3.8, 4) is 5.88 Å². The van der Waals surface area contributed by atoms with E-state index in [2.05, 4.69) is 9.97 Å². The van der Waals surface area contributed by atoms with Gasteiger partial charge in [-0.3, -0.25) is 9.59 Å². The van der Waals surface area contributed by atoms with Crippen molar-refractivity contribution in [2.75, 3.05) is 26.2 Å². The summed E-state index contributed by atoms with van der Waals surface area (Å²) in [6, 6.07) is 10.8. The summed E-state index contributed by atoms with van der Waals surface area (Å²) in [6.07, 6.45) is 2.21. The topological polar surface area (TPSA) is 88.8 Å². The summed E-state index contributed by atoms with van der Waals surface area (Å²) >= 11 is 0. The van der Waals surface area contributed by atoms with Gasteiger partial charge >= 0.3 is 0 Å². The van der Waals surface area contributed by atoms with Crippen LogP contribution in [0.1, 0.15) is 17.5 Å². The monoisotopic (exact) mass is 380 g/mol. The molecule has 3 aromatic rings. The Morgan fingerprint density at radius 3 is 2.54 bits per heavy atom. The third kappa shape index (κ3) is 3.53. The van der Waals surface area contributed by atoms with Crippen molar-refractivity contribution < 1.29 is 18.7 Å². The van der Waals surface area contributed by atoms with Gasteiger partial charge in [0.2, 0.25) is 5.88 Å². The third-order valence-corrected chi connectivity index (χ3v) is 4.75. The van der Waals surface area contributed by atoms with Crippen LogP contribution in [0.15, 0.2) is 53.4 Å². The molecule has 1 aromatic carbocycles. The van der Waals surface area contributed by atoms with Gasteiger partial charge in [0, 0.05) is 26.2 Å². The van der Waals surface area contributed by atoms with Gasteiger partial charge in [0.05, 0.1) is 17.2 Å². The number of carbonyl (C=O) groups excluding carboxylic acids is 2. The minimum atomic E-state index is -0.689. The number of hydrogen-bond donors (Lipinski definition) is 0. The van der Waals surface area contributed by atoms with E-state index in [9.17, 15) is 9.59 Å². The normalized spacial score (nSPS) is 15.5. The average Bonchev–Trinajstić information content (AvgIpc) is 3.28. The van der Waals surface area contributed by atoms with Crippen LogP contribution in [0.2, 0.25) is 0 Å². The van der Waals surface area contributed by atoms with E-state index in [-0.39, 0.29) is 11.8 Å². The molecule has 0 aliphatic carbocycles. The Bertz CT molecular complexity index is 976. The van der Waals surface area contributed by atoms with Gasteiger partial charge in [0.15, 0.2) is 11.9 Å². The van der Waals surface area contributed by atoms with E-state index in [1.165, 1.54) is 12.6 Å². The molecule has 28 heavy (non-hydrogen) atoms. The van der Waals surface area contributed by atoms with Crippen molar-refractivity contribution in [1.82, 2.24) is 19.8 Å². The Morgan fingerprint density at radius 1 is 1.04 bits per heavy atom. The van der Waals surface area contributed by atoms with Crippen LogP contribution in [0, 0.1) is 0 Å². The van der Waals surface area contributed by atoms with Crippen LogP contribution in [-0.4, -0.2) is 63.9 Å². The van der Waals surface area contributed by atoms with Gasteiger partial charge in [-0.25, -0.2) is 9.97 Å². The summed E-state index contributed by atoms with van der Waals surface area (Å²) in [5.74, 6) is 0.409. The van der Waals surface area contributed by atoms with Crippen molar-refractivity contribution in [1.29, 1.82) is 0 Å². The summed E-state index contributed by atoms with van der Waals surface area (Å²) in [4.78, 5) is 36.9. The maximum Gasteiger partial charge on any atom is 0.289 e. The number of ether oxygens (including phenoxy) is 1. The van der Waals surface area contributed by atoms with E-state index in [0.717, 1.165) is 10.9 Å². The number of aromatic nitrogens is 2. The zero-order valence-electron chi connectivity index (χ0n) is 15.4. The Balaban J connectivity index is 1.38. The number of piperazine rings is 1. The molecule has 1 saturated heterocycles. The van der Waals surface area contributed by atoms with Crippen LogP contribution in [-0.2, 0) is 4.79 Å². The minimum Gasteiger partial charge on any atom is -0.464 e. The smallest absolute Gasteiger partial charge is 0.289 e. The molecule has 0 N–H and O–H groups in total. The Morgan fingerprint density at radius 2 is 1.79 bits per heavy atom. The fraction of sp³-hybridized carbons (Fsp3) is 0.300. The molecule has 2 aromatic heterocycles. The molecule has 8 heteroatoms. The first-order valence-corrected chi connectivity index (χ1v) is 9.11. The second-order valence-electron chi connectivity index (χ2n) is 6.55. The van der Waals surface area contributed by atoms with Gasteiger partial charge in [0.25, 0.3) is 11.8 Å². The fourth-order valence-electron chi connectivity index (χ4n) is 3.24. The van der Waals surface area contributed by atoms with Gasteiger partial charge in [-0.1, -0.05) is 12.1 Å². The van der Waals surface area contributed by atoms with Crippen molar-refractivity contribution in [3.05, 3.63) is 54.7 Å². The number of rotatable bonds is 4.